The van der Waals surface area contributed by atoms with Gasteiger partial charge in [0, 0.05) is 22.2 Å². The number of H-pyrrole nitrogens is 1. The highest BCUT2D eigenvalue weighted by Crippen LogP contribution is 2.22. The normalized spacial score (nSPS) is 14.5. The van der Waals surface area contributed by atoms with Crippen LogP contribution < -0.4 is 10.2 Å². The van der Waals surface area contributed by atoms with Crippen LogP contribution in [0.25, 0.3) is 10.9 Å². The van der Waals surface area contributed by atoms with Gasteiger partial charge in [0.2, 0.25) is 0 Å². The second-order valence-corrected chi connectivity index (χ2v) is 4.76. The predicted octanol–water partition coefficient (Wildman–Crippen LogP) is 2.81. The molecular weight excluding hydrogens is 226 g/mol. The molecule has 1 aromatic carbocycles. The molecule has 94 valence electrons. The number of aryl methyl sites for hydroxylation is 1. The number of ether oxygens (including phenoxy) is 1. The quantitative estimate of drug-likeness (QED) is 0.881. The molecule has 0 bridgehead atoms. The zero-order valence-electron chi connectivity index (χ0n) is 10.6. The summed E-state index contributed by atoms with van der Waals surface area (Å²) in [6.07, 6.45) is 4.19. The fourth-order valence-corrected chi connectivity index (χ4v) is 2.70. The van der Waals surface area contributed by atoms with E-state index in [0.29, 0.717) is 6.61 Å². The Morgan fingerprint density at radius 3 is 2.94 bits per heavy atom. The fourth-order valence-electron chi connectivity index (χ4n) is 2.70. The van der Waals surface area contributed by atoms with Crippen molar-refractivity contribution in [3.05, 3.63) is 39.7 Å². The van der Waals surface area contributed by atoms with Gasteiger partial charge in [0.1, 0.15) is 5.75 Å². The maximum Gasteiger partial charge on any atom is 0.192 e. The van der Waals surface area contributed by atoms with Crippen LogP contribution in [0.3, 0.4) is 0 Å². The Bertz CT molecular complexity index is 643. The second-order valence-electron chi connectivity index (χ2n) is 4.76. The summed E-state index contributed by atoms with van der Waals surface area (Å²) < 4.78 is 5.46. The van der Waals surface area contributed by atoms with Gasteiger partial charge in [-0.2, -0.15) is 0 Å². The molecule has 1 aliphatic carbocycles. The van der Waals surface area contributed by atoms with Gasteiger partial charge in [-0.3, -0.25) is 4.79 Å². The number of pyridine rings is 1. The molecular formula is C15H17NO2. The summed E-state index contributed by atoms with van der Waals surface area (Å²) in [4.78, 5) is 15.9. The number of benzene rings is 1. The van der Waals surface area contributed by atoms with Crippen molar-refractivity contribution in [2.24, 2.45) is 0 Å². The van der Waals surface area contributed by atoms with E-state index in [2.05, 4.69) is 4.98 Å². The third-order valence-corrected chi connectivity index (χ3v) is 3.57. The molecule has 0 spiro atoms. The highest BCUT2D eigenvalue weighted by atomic mass is 16.5. The first-order valence-corrected chi connectivity index (χ1v) is 6.60. The lowest BCUT2D eigenvalue weighted by Crippen LogP contribution is -2.18. The second kappa shape index (κ2) is 4.48. The first-order chi connectivity index (χ1) is 8.79. The van der Waals surface area contributed by atoms with Crippen molar-refractivity contribution < 1.29 is 4.74 Å². The van der Waals surface area contributed by atoms with E-state index in [0.717, 1.165) is 47.2 Å². The van der Waals surface area contributed by atoms with E-state index in [1.54, 1.807) is 0 Å². The highest BCUT2D eigenvalue weighted by Gasteiger charge is 2.15. The third-order valence-electron chi connectivity index (χ3n) is 3.57. The lowest BCUT2D eigenvalue weighted by molar-refractivity contribution is 0.340. The Morgan fingerprint density at radius 2 is 2.11 bits per heavy atom. The minimum absolute atomic E-state index is 0.181. The molecule has 2 aromatic rings. The Balaban J connectivity index is 2.23. The minimum Gasteiger partial charge on any atom is -0.494 e. The zero-order chi connectivity index (χ0) is 12.5. The van der Waals surface area contributed by atoms with Crippen LogP contribution in [0.4, 0.5) is 0 Å². The van der Waals surface area contributed by atoms with E-state index < -0.39 is 0 Å². The van der Waals surface area contributed by atoms with E-state index in [1.165, 1.54) is 6.42 Å². The molecule has 3 nitrogen and oxygen atoms in total. The summed E-state index contributed by atoms with van der Waals surface area (Å²) in [7, 11) is 0. The molecule has 0 radical (unpaired) electrons. The van der Waals surface area contributed by atoms with Gasteiger partial charge in [0.25, 0.3) is 0 Å². The van der Waals surface area contributed by atoms with Crippen molar-refractivity contribution in [2.75, 3.05) is 6.61 Å². The van der Waals surface area contributed by atoms with Gasteiger partial charge >= 0.3 is 0 Å². The summed E-state index contributed by atoms with van der Waals surface area (Å²) >= 11 is 0. The van der Waals surface area contributed by atoms with E-state index in [4.69, 9.17) is 4.74 Å². The SMILES string of the molecule is CCOc1ccc2[nH]c3c(c(=O)c2c1)CCCC3. The van der Waals surface area contributed by atoms with Crippen LogP contribution in [0.15, 0.2) is 23.0 Å². The number of aromatic nitrogens is 1. The maximum absolute atomic E-state index is 12.5. The summed E-state index contributed by atoms with van der Waals surface area (Å²) in [5.41, 5.74) is 3.20. The molecule has 1 aliphatic rings. The van der Waals surface area contributed by atoms with Crippen molar-refractivity contribution in [2.45, 2.75) is 32.6 Å². The van der Waals surface area contributed by atoms with Crippen molar-refractivity contribution in [1.29, 1.82) is 0 Å². The van der Waals surface area contributed by atoms with Crippen molar-refractivity contribution in [1.82, 2.24) is 4.98 Å². The molecule has 1 aromatic heterocycles. The molecule has 0 unspecified atom stereocenters. The topological polar surface area (TPSA) is 42.1 Å². The summed E-state index contributed by atoms with van der Waals surface area (Å²) in [6, 6.07) is 5.71. The van der Waals surface area contributed by atoms with Crippen LogP contribution in [0.2, 0.25) is 0 Å². The first-order valence-electron chi connectivity index (χ1n) is 6.60. The Morgan fingerprint density at radius 1 is 1.28 bits per heavy atom. The molecule has 3 heteroatoms. The van der Waals surface area contributed by atoms with Crippen molar-refractivity contribution >= 4 is 10.9 Å². The van der Waals surface area contributed by atoms with E-state index in [1.807, 2.05) is 25.1 Å². The summed E-state index contributed by atoms with van der Waals surface area (Å²) in [5.74, 6) is 0.770. The van der Waals surface area contributed by atoms with Gasteiger partial charge in [0.15, 0.2) is 5.43 Å². The van der Waals surface area contributed by atoms with Crippen LogP contribution in [-0.2, 0) is 12.8 Å². The van der Waals surface area contributed by atoms with Crippen molar-refractivity contribution in [3.8, 4) is 5.75 Å². The molecule has 1 heterocycles. The molecule has 0 aliphatic heterocycles. The van der Waals surface area contributed by atoms with Crippen LogP contribution >= 0.6 is 0 Å². The average molecular weight is 243 g/mol. The average Bonchev–Trinajstić information content (AvgIpc) is 2.40. The number of fused-ring (bicyclic) bond motifs is 2. The van der Waals surface area contributed by atoms with Crippen LogP contribution in [0.1, 0.15) is 31.0 Å². The van der Waals surface area contributed by atoms with E-state index >= 15 is 0 Å². The first kappa shape index (κ1) is 11.3. The van der Waals surface area contributed by atoms with Gasteiger partial charge in [-0.1, -0.05) is 0 Å². The Kier molecular flexibility index (Phi) is 2.82. The lowest BCUT2D eigenvalue weighted by atomic mass is 9.94. The van der Waals surface area contributed by atoms with Gasteiger partial charge in [-0.15, -0.1) is 0 Å². The standard InChI is InChI=1S/C15H17NO2/c1-2-18-10-7-8-14-12(9-10)15(17)11-5-3-4-6-13(11)16-14/h7-9H,2-6H2,1H3,(H,16,17). The third kappa shape index (κ3) is 1.80. The summed E-state index contributed by atoms with van der Waals surface area (Å²) in [6.45, 7) is 2.57. The van der Waals surface area contributed by atoms with Gasteiger partial charge in [0.05, 0.1) is 6.61 Å². The molecule has 3 rings (SSSR count). The van der Waals surface area contributed by atoms with Gasteiger partial charge in [-0.05, 0) is 50.8 Å². The Labute approximate surface area is 106 Å². The molecule has 0 saturated heterocycles. The summed E-state index contributed by atoms with van der Waals surface area (Å²) in [5, 5.41) is 0.751. The van der Waals surface area contributed by atoms with E-state index in [9.17, 15) is 4.79 Å². The van der Waals surface area contributed by atoms with Crippen LogP contribution in [0.5, 0.6) is 5.75 Å². The molecule has 0 fully saturated rings. The van der Waals surface area contributed by atoms with Crippen molar-refractivity contribution in [3.63, 3.8) is 0 Å². The predicted molar refractivity (Wildman–Crippen MR) is 72.4 cm³/mol. The van der Waals surface area contributed by atoms with Gasteiger partial charge in [-0.25, -0.2) is 0 Å². The minimum atomic E-state index is 0.181. The molecule has 1 N–H and O–H groups in total. The lowest BCUT2D eigenvalue weighted by Gasteiger charge is -2.16. The highest BCUT2D eigenvalue weighted by molar-refractivity contribution is 5.81. The molecule has 18 heavy (non-hydrogen) atoms. The number of hydrogen-bond donors (Lipinski definition) is 1. The largest absolute Gasteiger partial charge is 0.494 e. The number of hydrogen-bond acceptors (Lipinski definition) is 2. The number of aromatic amines is 1. The Hall–Kier alpha value is -1.77. The molecule has 0 amide bonds. The molecule has 0 atom stereocenters. The maximum atomic E-state index is 12.5. The molecule has 0 saturated carbocycles. The zero-order valence-corrected chi connectivity index (χ0v) is 10.6. The smallest absolute Gasteiger partial charge is 0.192 e. The van der Waals surface area contributed by atoms with Gasteiger partial charge < -0.3 is 9.72 Å². The van der Waals surface area contributed by atoms with Crippen LogP contribution in [-0.4, -0.2) is 11.6 Å². The van der Waals surface area contributed by atoms with E-state index in [-0.39, 0.29) is 5.43 Å². The number of rotatable bonds is 2. The number of nitrogens with one attached hydrogen (secondary N) is 1. The monoisotopic (exact) mass is 243 g/mol. The van der Waals surface area contributed by atoms with Crippen LogP contribution in [0, 0.1) is 0 Å². The fraction of sp³-hybridized carbons (Fsp3) is 0.400.